The van der Waals surface area contributed by atoms with Gasteiger partial charge in [0.05, 0.1) is 33.0 Å². The zero-order chi connectivity index (χ0) is 18.7. The fourth-order valence-corrected chi connectivity index (χ4v) is 2.39. The van der Waals surface area contributed by atoms with Gasteiger partial charge in [-0.25, -0.2) is 0 Å². The van der Waals surface area contributed by atoms with Gasteiger partial charge in [-0.05, 0) is 30.7 Å². The van der Waals surface area contributed by atoms with E-state index >= 15 is 0 Å². The molecule has 0 saturated carbocycles. The summed E-state index contributed by atoms with van der Waals surface area (Å²) in [5, 5.41) is 0. The largest absolute Gasteiger partial charge is 0.491 e. The van der Waals surface area contributed by atoms with Gasteiger partial charge in [0, 0.05) is 12.2 Å². The van der Waals surface area contributed by atoms with E-state index in [4.69, 9.17) is 18.9 Å². The minimum atomic E-state index is 0.474. The summed E-state index contributed by atoms with van der Waals surface area (Å²) in [4.78, 5) is 10.6. The topological polar surface area (TPSA) is 54.0 Å². The molecule has 0 radical (unpaired) electrons. The molecule has 0 heterocycles. The third-order valence-electron chi connectivity index (χ3n) is 3.90. The van der Waals surface area contributed by atoms with Gasteiger partial charge in [0.2, 0.25) is 0 Å². The molecule has 0 aliphatic carbocycles. The second-order valence-electron chi connectivity index (χ2n) is 6.14. The smallest absolute Gasteiger partial charge is 0.150 e. The molecular weight excluding hydrogens is 332 g/mol. The summed E-state index contributed by atoms with van der Waals surface area (Å²) in [6, 6.07) is 7.01. The third kappa shape index (κ3) is 12.9. The fraction of sp³-hybridized carbons (Fsp3) is 0.667. The number of unbranched alkanes of at least 4 members (excludes halogenated alkanes) is 5. The Morgan fingerprint density at radius 2 is 1.23 bits per heavy atom. The first-order valence-electron chi connectivity index (χ1n) is 9.78. The number of carbonyl (C=O) groups excluding carboxylic acids is 1. The lowest BCUT2D eigenvalue weighted by Gasteiger charge is -2.08. The Kier molecular flexibility index (Phi) is 14.8. The first-order valence-corrected chi connectivity index (χ1v) is 9.78. The van der Waals surface area contributed by atoms with Crippen LogP contribution < -0.4 is 4.74 Å². The number of ether oxygens (including phenoxy) is 4. The molecule has 26 heavy (non-hydrogen) atoms. The van der Waals surface area contributed by atoms with E-state index in [-0.39, 0.29) is 0 Å². The molecule has 1 aromatic carbocycles. The van der Waals surface area contributed by atoms with Gasteiger partial charge in [-0.1, -0.05) is 39.0 Å². The van der Waals surface area contributed by atoms with Crippen molar-refractivity contribution in [3.63, 3.8) is 0 Å². The average molecular weight is 366 g/mol. The van der Waals surface area contributed by atoms with Crippen molar-refractivity contribution in [2.45, 2.75) is 45.4 Å². The van der Waals surface area contributed by atoms with Crippen LogP contribution in [-0.2, 0) is 14.2 Å². The van der Waals surface area contributed by atoms with Crippen molar-refractivity contribution >= 4 is 6.29 Å². The van der Waals surface area contributed by atoms with Crippen LogP contribution in [0.5, 0.6) is 5.75 Å². The highest BCUT2D eigenvalue weighted by atomic mass is 16.6. The summed E-state index contributed by atoms with van der Waals surface area (Å²) in [6.07, 6.45) is 8.52. The minimum absolute atomic E-state index is 0.474. The van der Waals surface area contributed by atoms with Crippen LogP contribution in [0.15, 0.2) is 24.3 Å². The number of hydrogen-bond donors (Lipinski definition) is 0. The number of carbonyl (C=O) groups is 1. The monoisotopic (exact) mass is 366 g/mol. The summed E-state index contributed by atoms with van der Waals surface area (Å²) < 4.78 is 22.0. The van der Waals surface area contributed by atoms with E-state index in [2.05, 4.69) is 6.92 Å². The van der Waals surface area contributed by atoms with E-state index < -0.39 is 0 Å². The van der Waals surface area contributed by atoms with Gasteiger partial charge in [-0.3, -0.25) is 4.79 Å². The fourth-order valence-electron chi connectivity index (χ4n) is 2.39. The van der Waals surface area contributed by atoms with Gasteiger partial charge >= 0.3 is 0 Å². The summed E-state index contributed by atoms with van der Waals surface area (Å²) in [5.41, 5.74) is 0.640. The molecule has 0 aromatic heterocycles. The molecule has 0 spiro atoms. The molecule has 5 heteroatoms. The molecule has 0 bridgehead atoms. The molecule has 1 rings (SSSR count). The lowest BCUT2D eigenvalue weighted by Crippen LogP contribution is -2.13. The summed E-state index contributed by atoms with van der Waals surface area (Å²) in [5.74, 6) is 0.734. The van der Waals surface area contributed by atoms with Gasteiger partial charge in [-0.2, -0.15) is 0 Å². The Balaban J connectivity index is 1.77. The Labute approximate surface area is 158 Å². The molecule has 0 saturated heterocycles. The van der Waals surface area contributed by atoms with Gasteiger partial charge in [0.15, 0.2) is 0 Å². The highest BCUT2D eigenvalue weighted by Gasteiger charge is 1.96. The third-order valence-corrected chi connectivity index (χ3v) is 3.90. The summed E-state index contributed by atoms with van der Waals surface area (Å²) in [6.45, 7) is 6.41. The highest BCUT2D eigenvalue weighted by molar-refractivity contribution is 5.74. The van der Waals surface area contributed by atoms with Gasteiger partial charge in [0.1, 0.15) is 18.6 Å². The van der Waals surface area contributed by atoms with Crippen molar-refractivity contribution in [3.05, 3.63) is 29.8 Å². The molecule has 0 atom stereocenters. The van der Waals surface area contributed by atoms with Crippen molar-refractivity contribution < 1.29 is 23.7 Å². The van der Waals surface area contributed by atoms with Crippen molar-refractivity contribution in [1.82, 2.24) is 0 Å². The quantitative estimate of drug-likeness (QED) is 0.287. The highest BCUT2D eigenvalue weighted by Crippen LogP contribution is 2.10. The number of hydrogen-bond acceptors (Lipinski definition) is 5. The van der Waals surface area contributed by atoms with Crippen LogP contribution in [0.1, 0.15) is 55.8 Å². The van der Waals surface area contributed by atoms with Gasteiger partial charge in [-0.15, -0.1) is 0 Å². The maximum absolute atomic E-state index is 10.6. The van der Waals surface area contributed by atoms with Crippen LogP contribution >= 0.6 is 0 Å². The second-order valence-corrected chi connectivity index (χ2v) is 6.14. The molecule has 0 unspecified atom stereocenters. The maximum Gasteiger partial charge on any atom is 0.150 e. The van der Waals surface area contributed by atoms with Crippen molar-refractivity contribution in [1.29, 1.82) is 0 Å². The molecule has 0 N–H and O–H groups in total. The zero-order valence-electron chi connectivity index (χ0n) is 16.1. The van der Waals surface area contributed by atoms with Crippen molar-refractivity contribution in [2.75, 3.05) is 46.2 Å². The van der Waals surface area contributed by atoms with Gasteiger partial charge in [0.25, 0.3) is 0 Å². The predicted molar refractivity (Wildman–Crippen MR) is 103 cm³/mol. The lowest BCUT2D eigenvalue weighted by molar-refractivity contribution is 0.00878. The van der Waals surface area contributed by atoms with E-state index in [9.17, 15) is 4.79 Å². The molecule has 1 aromatic rings. The summed E-state index contributed by atoms with van der Waals surface area (Å²) in [7, 11) is 0. The average Bonchev–Trinajstić information content (AvgIpc) is 2.68. The predicted octanol–water partition coefficient (Wildman–Crippen LogP) is 4.29. The molecule has 0 amide bonds. The Hall–Kier alpha value is -1.43. The van der Waals surface area contributed by atoms with Crippen LogP contribution in [0.4, 0.5) is 0 Å². The van der Waals surface area contributed by atoms with Crippen LogP contribution in [0, 0.1) is 0 Å². The van der Waals surface area contributed by atoms with E-state index in [1.54, 1.807) is 24.3 Å². The molecule has 0 aliphatic rings. The normalized spacial score (nSPS) is 10.8. The SMILES string of the molecule is CCCCCCCCOCCOCCOCCOc1ccc(C=O)cc1. The van der Waals surface area contributed by atoms with Crippen molar-refractivity contribution in [2.24, 2.45) is 0 Å². The molecule has 5 nitrogen and oxygen atoms in total. The minimum Gasteiger partial charge on any atom is -0.491 e. The van der Waals surface area contributed by atoms with Crippen LogP contribution in [0.2, 0.25) is 0 Å². The molecule has 148 valence electrons. The Bertz CT molecular complexity index is 433. The van der Waals surface area contributed by atoms with Crippen LogP contribution in [-0.4, -0.2) is 52.5 Å². The summed E-state index contributed by atoms with van der Waals surface area (Å²) >= 11 is 0. The number of rotatable bonds is 18. The first kappa shape index (κ1) is 22.6. The second kappa shape index (κ2) is 17.0. The zero-order valence-corrected chi connectivity index (χ0v) is 16.1. The molecular formula is C21H34O5. The van der Waals surface area contributed by atoms with Crippen LogP contribution in [0.25, 0.3) is 0 Å². The number of aldehydes is 1. The van der Waals surface area contributed by atoms with E-state index in [0.717, 1.165) is 25.1 Å². The van der Waals surface area contributed by atoms with Crippen molar-refractivity contribution in [3.8, 4) is 5.75 Å². The van der Waals surface area contributed by atoms with E-state index in [1.165, 1.54) is 32.1 Å². The molecule has 0 aliphatic heterocycles. The first-order chi connectivity index (χ1) is 12.9. The Morgan fingerprint density at radius 1 is 0.692 bits per heavy atom. The van der Waals surface area contributed by atoms with Crippen LogP contribution in [0.3, 0.4) is 0 Å². The van der Waals surface area contributed by atoms with Gasteiger partial charge < -0.3 is 18.9 Å². The number of benzene rings is 1. The Morgan fingerprint density at radius 3 is 1.85 bits per heavy atom. The van der Waals surface area contributed by atoms with E-state index in [1.807, 2.05) is 0 Å². The van der Waals surface area contributed by atoms with E-state index in [0.29, 0.717) is 45.2 Å². The molecule has 0 fully saturated rings. The lowest BCUT2D eigenvalue weighted by atomic mass is 10.1. The maximum atomic E-state index is 10.6. The standard InChI is InChI=1S/C21H34O5/c1-2-3-4-5-6-7-12-23-13-14-24-15-16-25-17-18-26-21-10-8-20(19-22)9-11-21/h8-11,19H,2-7,12-18H2,1H3.